The van der Waals surface area contributed by atoms with E-state index in [0.29, 0.717) is 63.5 Å². The molecule has 6 aromatic heterocycles. The summed E-state index contributed by atoms with van der Waals surface area (Å²) >= 11 is 4.48. The van der Waals surface area contributed by atoms with Crippen molar-refractivity contribution in [1.29, 1.82) is 0 Å². The monoisotopic (exact) mass is 1990 g/mol. The Bertz CT molecular complexity index is 7120. The highest BCUT2D eigenvalue weighted by Crippen LogP contribution is 2.75. The summed E-state index contributed by atoms with van der Waals surface area (Å²) in [5.74, 6) is -2.37. The number of fused-ring (bicyclic) bond motifs is 8. The second-order valence-electron chi connectivity index (χ2n) is 32.1. The van der Waals surface area contributed by atoms with E-state index >= 15 is 17.5 Å². The predicted octanol–water partition coefficient (Wildman–Crippen LogP) is 18.8. The normalized spacial score (nSPS) is 21.5. The fourth-order valence-corrected chi connectivity index (χ4v) is 39.0. The van der Waals surface area contributed by atoms with Crippen molar-refractivity contribution in [1.82, 2.24) is 0 Å². The molecule has 9 aliphatic rings. The number of hydrogen-bond donors (Lipinski definition) is 6. The molecule has 0 saturated heterocycles. The minimum absolute atomic E-state index is 0.00567. The van der Waals surface area contributed by atoms with E-state index in [1.807, 2.05) is 13.8 Å². The molecule has 8 atom stereocenters. The Morgan fingerprint density at radius 3 is 1.00 bits per heavy atom. The van der Waals surface area contributed by atoms with E-state index in [-0.39, 0.29) is 214 Å². The molecule has 15 heterocycles. The average molecular weight is 1990 g/mol. The van der Waals surface area contributed by atoms with Gasteiger partial charge in [0.05, 0.1) is 67.9 Å². The fraction of sp³-hybridized carbons (Fsp3) is 0.310. The largest absolute Gasteiger partial charge is 0.725 e. The molecule has 0 fully saturated rings. The second-order valence-corrected chi connectivity index (χ2v) is 54.5. The van der Waals surface area contributed by atoms with Crippen LogP contribution in [0.4, 0.5) is 0 Å². The van der Waals surface area contributed by atoms with E-state index in [0.717, 1.165) is 34.0 Å². The van der Waals surface area contributed by atoms with Crippen molar-refractivity contribution in [2.45, 2.75) is 125 Å². The van der Waals surface area contributed by atoms with Gasteiger partial charge in [0, 0.05) is 11.8 Å². The third kappa shape index (κ3) is 16.2. The van der Waals surface area contributed by atoms with Crippen LogP contribution < -0.4 is 56.8 Å². The third-order valence-corrected chi connectivity index (χ3v) is 46.0. The molecule has 8 unspecified atom stereocenters. The molecular formula is C87H82O30S12. The Morgan fingerprint density at radius 1 is 0.349 bits per heavy atom. The molecule has 42 heteroatoms. The van der Waals surface area contributed by atoms with E-state index in [2.05, 4.69) is 0 Å². The lowest BCUT2D eigenvalue weighted by Crippen LogP contribution is -2.28. The number of hydrogen-bond acceptors (Lipinski definition) is 28. The molecule has 0 amide bonds. The molecule has 0 spiro atoms. The van der Waals surface area contributed by atoms with Crippen LogP contribution in [0.25, 0.3) is 48.8 Å². The fourth-order valence-electron chi connectivity index (χ4n) is 17.9. The van der Waals surface area contributed by atoms with E-state index in [9.17, 15) is 61.0 Å². The lowest BCUT2D eigenvalue weighted by Gasteiger charge is -2.36. The first-order valence-electron chi connectivity index (χ1n) is 40.7. The van der Waals surface area contributed by atoms with Gasteiger partial charge >= 0.3 is 0 Å². The van der Waals surface area contributed by atoms with Crippen LogP contribution in [-0.4, -0.2) is 158 Å². The predicted molar refractivity (Wildman–Crippen MR) is 485 cm³/mol. The summed E-state index contributed by atoms with van der Waals surface area (Å²) < 4.78 is 317. The number of benzene rings is 6. The highest BCUT2D eigenvalue weighted by Gasteiger charge is 2.56. The maximum absolute atomic E-state index is 17.4. The summed E-state index contributed by atoms with van der Waals surface area (Å²) in [7, 11) is -37.5. The van der Waals surface area contributed by atoms with Crippen molar-refractivity contribution < 1.29 is 135 Å². The molecule has 12 aromatic rings. The highest BCUT2D eigenvalue weighted by molar-refractivity contribution is 8.53. The lowest BCUT2D eigenvalue weighted by atomic mass is 9.72. The van der Waals surface area contributed by atoms with E-state index < -0.39 is 137 Å². The molecule has 6 N–H and O–H groups in total. The van der Waals surface area contributed by atoms with Crippen molar-refractivity contribution >= 4 is 122 Å². The quantitative estimate of drug-likeness (QED) is 0.0398. The van der Waals surface area contributed by atoms with E-state index in [1.165, 1.54) is 121 Å². The maximum Gasteiger partial charge on any atom is 0.294 e. The van der Waals surface area contributed by atoms with Crippen LogP contribution in [0, 0.1) is 13.8 Å². The Balaban J connectivity index is 0.860. The van der Waals surface area contributed by atoms with E-state index in [4.69, 9.17) is 56.8 Å². The van der Waals surface area contributed by atoms with Gasteiger partial charge in [0.2, 0.25) is 27.9 Å². The van der Waals surface area contributed by atoms with Crippen molar-refractivity contribution in [2.24, 2.45) is 0 Å². The summed E-state index contributed by atoms with van der Waals surface area (Å²) in [5, 5.41) is 0. The zero-order valence-electron chi connectivity index (χ0n) is 68.7. The van der Waals surface area contributed by atoms with Gasteiger partial charge < -0.3 is 65.9 Å². The minimum Gasteiger partial charge on any atom is -0.725 e. The first-order chi connectivity index (χ1) is 61.2. The molecule has 682 valence electrons. The summed E-state index contributed by atoms with van der Waals surface area (Å²) in [4.78, 5) is -0.0487. The molecule has 6 aromatic carbocycles. The zero-order chi connectivity index (χ0) is 90.6. The second kappa shape index (κ2) is 33.0. The molecule has 0 saturated carbocycles. The van der Waals surface area contributed by atoms with Crippen LogP contribution in [-0.2, 0) is 57.8 Å². The Labute approximate surface area is 761 Å². The van der Waals surface area contributed by atoms with Crippen LogP contribution in [0.3, 0.4) is 0 Å². The first kappa shape index (κ1) is 89.1. The molecule has 30 nitrogen and oxygen atoms in total. The van der Waals surface area contributed by atoms with Gasteiger partial charge in [-0.2, -0.15) is 33.7 Å². The first-order valence-corrected chi connectivity index (χ1v) is 56.9. The molecule has 0 aliphatic carbocycles. The van der Waals surface area contributed by atoms with Crippen LogP contribution in [0.1, 0.15) is 125 Å². The topological polar surface area (TPSA) is 449 Å². The molecule has 10 bridgehead atoms. The van der Waals surface area contributed by atoms with Gasteiger partial charge in [0.1, 0.15) is 111 Å². The Morgan fingerprint density at radius 2 is 0.620 bits per heavy atom. The van der Waals surface area contributed by atoms with Crippen molar-refractivity contribution in [2.75, 3.05) is 79.3 Å². The van der Waals surface area contributed by atoms with Crippen LogP contribution in [0.2, 0.25) is 0 Å². The highest BCUT2D eigenvalue weighted by atomic mass is 33.2. The number of thiophene rings is 6. The number of rotatable bonds is 11. The standard InChI is InChI=1S/C87H82O30S12/c1-46(50-5-17-60(18-6-50)124(88,89)90)41-57-44-59(54-11-23-63(24-12-54)127(97,98)99)45-58(53-9-21-62(22-10-53)126(94,95)96)43-56(52-7-19-61(20-8-52)125(91,92)93)42-47(2)51-13-25-64(26-14-51)128(100,101,102)122-49(4)67-75(115-38-30-107-67)85(122)83-73-71(111-34-36-113-73)80(120-83)78-69-70(110-33-32-109-69)79(119-78)81-72-74(114-37-35-112-72)84(121-81)87-77-76(116-39-40-117-77)86(82-68-66(48(3)118-82)106-29-31-108-68)123(87)129(103,104,105)65-27-15-55(57)16-28-65/h5-28,46-47,56-59H,29-45H2,1-4H3,(H6-2,88,89,90,91,92,93,94,95,96,97,98,99,100,101,102,103,104,105). The van der Waals surface area contributed by atoms with Gasteiger partial charge in [0.25, 0.3) is 55.1 Å². The molecular weight excluding hydrogens is 1910 g/mol. The number of ether oxygens (including phenoxy) is 12. The van der Waals surface area contributed by atoms with Crippen molar-refractivity contribution in [3.63, 3.8) is 0 Å². The SMILES string of the molecule is Cc1sc(-c2c3c(c4[s+]2S(=O)([O-])(O)c2ccc(cc2)C(CC(C)c2ccc(S(=O)(=O)O)cc2)CC(c2ccc(S(=O)(=O)O)cc2)CC(c2ccc(S(=O)(=O)O)cc2)CC(c2ccc(S(=O)(=O)O)cc2)CC(C)c2ccc(cc2)S(=O)([O-])(O)[s+]2c(C)c5c(c2-c2sc(c6c2OCCO6)-c2sc(c6c2OCCO6)-c2sc-4c4c2OCCO4)OCCO5)OCCO3)c2c1OCCO2. The minimum atomic E-state index is -6.89. The molecule has 129 heavy (non-hydrogen) atoms. The van der Waals surface area contributed by atoms with Gasteiger partial charge in [-0.1, -0.05) is 86.6 Å². The molecule has 9 aliphatic heterocycles. The summed E-state index contributed by atoms with van der Waals surface area (Å²) in [5.41, 5.74) is 3.14. The van der Waals surface area contributed by atoms with Crippen LogP contribution in [0.15, 0.2) is 175 Å². The zero-order valence-corrected chi connectivity index (χ0v) is 78.5. The number of aryl methyl sites for hydroxylation is 1. The van der Waals surface area contributed by atoms with Gasteiger partial charge in [-0.05, 0) is 181 Å². The van der Waals surface area contributed by atoms with Crippen molar-refractivity contribution in [3.05, 3.63) is 189 Å². The van der Waals surface area contributed by atoms with Crippen molar-refractivity contribution in [3.8, 4) is 118 Å². The Kier molecular flexibility index (Phi) is 22.8. The lowest BCUT2D eigenvalue weighted by molar-refractivity contribution is 0.170. The maximum atomic E-state index is 17.4. The van der Waals surface area contributed by atoms with Gasteiger partial charge in [0.15, 0.2) is 46.0 Å². The summed E-state index contributed by atoms with van der Waals surface area (Å²) in [6.07, 6.45) is 0.590. The Hall–Kier alpha value is -9.10. The van der Waals surface area contributed by atoms with E-state index in [1.54, 1.807) is 50.2 Å². The summed E-state index contributed by atoms with van der Waals surface area (Å²) in [6.45, 7) is 7.25. The van der Waals surface area contributed by atoms with Crippen LogP contribution >= 0.6 is 64.4 Å². The molecule has 21 rings (SSSR count). The average Bonchev–Trinajstić information content (AvgIpc) is 1.53. The van der Waals surface area contributed by atoms with Crippen LogP contribution in [0.5, 0.6) is 69.0 Å². The third-order valence-electron chi connectivity index (χ3n) is 24.0. The van der Waals surface area contributed by atoms with Gasteiger partial charge in [-0.15, -0.1) is 45.3 Å². The molecule has 0 radical (unpaired) electrons. The summed E-state index contributed by atoms with van der Waals surface area (Å²) in [6, 6.07) is 33.6. The smallest absolute Gasteiger partial charge is 0.294 e. The van der Waals surface area contributed by atoms with Gasteiger partial charge in [-0.3, -0.25) is 27.3 Å². The van der Waals surface area contributed by atoms with Gasteiger partial charge in [-0.25, -0.2) is 8.42 Å².